The van der Waals surface area contributed by atoms with Crippen molar-refractivity contribution in [3.63, 3.8) is 0 Å². The lowest BCUT2D eigenvalue weighted by molar-refractivity contribution is -0.166. The van der Waals surface area contributed by atoms with Crippen LogP contribution in [0, 0.1) is 12.3 Å². The molecule has 4 N–H and O–H groups in total. The monoisotopic (exact) mass is 343 g/mol. The molecule has 0 bridgehead atoms. The van der Waals surface area contributed by atoms with Gasteiger partial charge in [-0.3, -0.25) is 9.89 Å². The SMILES string of the molecule is CCOC1CC(N)(C(=O)Nc2ccc(-c3n[nH]c(C)n3)cc2)C1(C)C. The summed E-state index contributed by atoms with van der Waals surface area (Å²) >= 11 is 0. The molecule has 1 aliphatic rings. The maximum Gasteiger partial charge on any atom is 0.245 e. The van der Waals surface area contributed by atoms with Crippen molar-refractivity contribution in [3.8, 4) is 11.4 Å². The van der Waals surface area contributed by atoms with Crippen molar-refractivity contribution in [2.45, 2.75) is 45.8 Å². The summed E-state index contributed by atoms with van der Waals surface area (Å²) in [7, 11) is 0. The van der Waals surface area contributed by atoms with Gasteiger partial charge in [-0.2, -0.15) is 5.10 Å². The molecule has 2 atom stereocenters. The molecule has 1 amide bonds. The zero-order valence-electron chi connectivity index (χ0n) is 15.1. The molecule has 0 aliphatic heterocycles. The molecule has 134 valence electrons. The smallest absolute Gasteiger partial charge is 0.245 e. The van der Waals surface area contributed by atoms with E-state index < -0.39 is 11.0 Å². The highest BCUT2D eigenvalue weighted by Gasteiger charge is 2.62. The number of carbonyl (C=O) groups is 1. The summed E-state index contributed by atoms with van der Waals surface area (Å²) in [6.45, 7) is 8.37. The minimum Gasteiger partial charge on any atom is -0.378 e. The average Bonchev–Trinajstić information content (AvgIpc) is 3.01. The molecule has 0 radical (unpaired) electrons. The van der Waals surface area contributed by atoms with Crippen molar-refractivity contribution < 1.29 is 9.53 Å². The lowest BCUT2D eigenvalue weighted by Gasteiger charge is -2.57. The van der Waals surface area contributed by atoms with Crippen LogP contribution < -0.4 is 11.1 Å². The number of ether oxygens (including phenoxy) is 1. The van der Waals surface area contributed by atoms with E-state index in [4.69, 9.17) is 10.5 Å². The Kier molecular flexibility index (Phi) is 4.38. The largest absolute Gasteiger partial charge is 0.378 e. The molecule has 2 aromatic rings. The van der Waals surface area contributed by atoms with Gasteiger partial charge in [0.2, 0.25) is 5.91 Å². The zero-order chi connectivity index (χ0) is 18.2. The van der Waals surface area contributed by atoms with Crippen molar-refractivity contribution >= 4 is 11.6 Å². The number of hydrogen-bond acceptors (Lipinski definition) is 5. The Hall–Kier alpha value is -2.25. The van der Waals surface area contributed by atoms with Crippen molar-refractivity contribution in [1.82, 2.24) is 15.2 Å². The van der Waals surface area contributed by atoms with Crippen LogP contribution in [-0.2, 0) is 9.53 Å². The predicted octanol–water partition coefficient (Wildman–Crippen LogP) is 2.25. The predicted molar refractivity (Wildman–Crippen MR) is 95.9 cm³/mol. The third-order valence-electron chi connectivity index (χ3n) is 5.23. The van der Waals surface area contributed by atoms with Crippen LogP contribution in [0.15, 0.2) is 24.3 Å². The molecule has 25 heavy (non-hydrogen) atoms. The summed E-state index contributed by atoms with van der Waals surface area (Å²) in [6.07, 6.45) is 0.526. The first-order valence-electron chi connectivity index (χ1n) is 8.49. The summed E-state index contributed by atoms with van der Waals surface area (Å²) in [4.78, 5) is 17.0. The quantitative estimate of drug-likeness (QED) is 0.772. The fourth-order valence-corrected chi connectivity index (χ4v) is 3.24. The fraction of sp³-hybridized carbons (Fsp3) is 0.500. The molecule has 1 aromatic carbocycles. The number of amides is 1. The number of benzene rings is 1. The molecule has 1 fully saturated rings. The zero-order valence-corrected chi connectivity index (χ0v) is 15.1. The van der Waals surface area contributed by atoms with Crippen LogP contribution in [0.5, 0.6) is 0 Å². The molecule has 3 rings (SSSR count). The summed E-state index contributed by atoms with van der Waals surface area (Å²) in [5.41, 5.74) is 6.62. The molecule has 7 nitrogen and oxygen atoms in total. The number of aromatic nitrogens is 3. The number of nitrogens with zero attached hydrogens (tertiary/aromatic N) is 2. The first kappa shape index (κ1) is 17.6. The highest BCUT2D eigenvalue weighted by molar-refractivity contribution is 5.99. The second-order valence-electron chi connectivity index (χ2n) is 7.12. The maximum absolute atomic E-state index is 12.7. The highest BCUT2D eigenvalue weighted by atomic mass is 16.5. The summed E-state index contributed by atoms with van der Waals surface area (Å²) in [5, 5.41) is 9.86. The van der Waals surface area contributed by atoms with E-state index >= 15 is 0 Å². The number of H-pyrrole nitrogens is 1. The summed E-state index contributed by atoms with van der Waals surface area (Å²) in [5.74, 6) is 1.20. The fourth-order valence-electron chi connectivity index (χ4n) is 3.24. The molecule has 0 saturated heterocycles. The van der Waals surface area contributed by atoms with E-state index in [0.717, 1.165) is 11.4 Å². The van der Waals surface area contributed by atoms with E-state index in [2.05, 4.69) is 20.5 Å². The molecule has 1 aromatic heterocycles. The molecule has 2 unspecified atom stereocenters. The molecule has 0 spiro atoms. The summed E-state index contributed by atoms with van der Waals surface area (Å²) in [6, 6.07) is 7.40. The van der Waals surface area contributed by atoms with E-state index in [1.165, 1.54) is 0 Å². The van der Waals surface area contributed by atoms with Crippen LogP contribution in [0.3, 0.4) is 0 Å². The third-order valence-corrected chi connectivity index (χ3v) is 5.23. The van der Waals surface area contributed by atoms with Crippen molar-refractivity contribution in [1.29, 1.82) is 0 Å². The van der Waals surface area contributed by atoms with Gasteiger partial charge in [0.15, 0.2) is 5.82 Å². The topological polar surface area (TPSA) is 106 Å². The van der Waals surface area contributed by atoms with Crippen LogP contribution in [0.2, 0.25) is 0 Å². The minimum atomic E-state index is -0.938. The molecule has 7 heteroatoms. The Morgan fingerprint density at radius 1 is 1.40 bits per heavy atom. The van der Waals surface area contributed by atoms with Gasteiger partial charge in [-0.05, 0) is 38.1 Å². The van der Waals surface area contributed by atoms with Crippen molar-refractivity contribution in [2.24, 2.45) is 11.1 Å². The van der Waals surface area contributed by atoms with Crippen molar-refractivity contribution in [3.05, 3.63) is 30.1 Å². The van der Waals surface area contributed by atoms with Crippen LogP contribution in [0.4, 0.5) is 5.69 Å². The number of rotatable bonds is 5. The first-order chi connectivity index (χ1) is 11.8. The number of anilines is 1. The Labute approximate surface area is 147 Å². The number of nitrogens with two attached hydrogens (primary N) is 1. The average molecular weight is 343 g/mol. The number of aromatic amines is 1. The van der Waals surface area contributed by atoms with Crippen LogP contribution in [-0.4, -0.2) is 39.3 Å². The van der Waals surface area contributed by atoms with E-state index in [1.54, 1.807) is 0 Å². The van der Waals surface area contributed by atoms with Gasteiger partial charge >= 0.3 is 0 Å². The lowest BCUT2D eigenvalue weighted by Crippen LogP contribution is -2.74. The second-order valence-corrected chi connectivity index (χ2v) is 7.12. The van der Waals surface area contributed by atoms with Gasteiger partial charge in [0.05, 0.1) is 6.10 Å². The standard InChI is InChI=1S/C18H25N5O2/c1-5-25-14-10-18(19,17(14,3)4)16(24)21-13-8-6-12(7-9-13)15-20-11(2)22-23-15/h6-9,14H,5,10,19H2,1-4H3,(H,21,24)(H,20,22,23). The molecule has 1 aliphatic carbocycles. The van der Waals surface area contributed by atoms with E-state index in [1.807, 2.05) is 52.0 Å². The van der Waals surface area contributed by atoms with Gasteiger partial charge in [0, 0.05) is 29.7 Å². The maximum atomic E-state index is 12.7. The Bertz CT molecular complexity index is 768. The van der Waals surface area contributed by atoms with Gasteiger partial charge in [-0.1, -0.05) is 13.8 Å². The van der Waals surface area contributed by atoms with E-state index in [-0.39, 0.29) is 12.0 Å². The van der Waals surface area contributed by atoms with Crippen LogP contribution in [0.25, 0.3) is 11.4 Å². The van der Waals surface area contributed by atoms with Crippen molar-refractivity contribution in [2.75, 3.05) is 11.9 Å². The van der Waals surface area contributed by atoms with Gasteiger partial charge in [-0.25, -0.2) is 4.98 Å². The van der Waals surface area contributed by atoms with Gasteiger partial charge < -0.3 is 15.8 Å². The lowest BCUT2D eigenvalue weighted by atomic mass is 9.54. The highest BCUT2D eigenvalue weighted by Crippen LogP contribution is 2.50. The number of nitrogens with one attached hydrogen (secondary N) is 2. The third kappa shape index (κ3) is 2.94. The minimum absolute atomic E-state index is 0.00426. The molecule has 1 heterocycles. The van der Waals surface area contributed by atoms with Crippen LogP contribution in [0.1, 0.15) is 33.0 Å². The molecular formula is C18H25N5O2. The summed E-state index contributed by atoms with van der Waals surface area (Å²) < 4.78 is 5.68. The first-order valence-corrected chi connectivity index (χ1v) is 8.49. The number of hydrogen-bond donors (Lipinski definition) is 3. The van der Waals surface area contributed by atoms with E-state index in [0.29, 0.717) is 24.5 Å². The second kappa shape index (κ2) is 6.24. The Morgan fingerprint density at radius 2 is 2.08 bits per heavy atom. The Morgan fingerprint density at radius 3 is 2.60 bits per heavy atom. The Balaban J connectivity index is 1.69. The van der Waals surface area contributed by atoms with Crippen LogP contribution >= 0.6 is 0 Å². The van der Waals surface area contributed by atoms with E-state index in [9.17, 15) is 4.79 Å². The number of carbonyl (C=O) groups excluding carboxylic acids is 1. The normalized spacial score (nSPS) is 24.6. The molecular weight excluding hydrogens is 318 g/mol. The van der Waals surface area contributed by atoms with Gasteiger partial charge in [-0.15, -0.1) is 0 Å². The van der Waals surface area contributed by atoms with Gasteiger partial charge in [0.25, 0.3) is 0 Å². The van der Waals surface area contributed by atoms with Gasteiger partial charge in [0.1, 0.15) is 11.4 Å². The molecule has 1 saturated carbocycles. The number of aryl methyl sites for hydroxylation is 1.